The van der Waals surface area contributed by atoms with E-state index < -0.39 is 0 Å². The minimum atomic E-state index is 0.620. The summed E-state index contributed by atoms with van der Waals surface area (Å²) >= 11 is 0. The number of hydrogen-bond donors (Lipinski definition) is 0. The van der Waals surface area contributed by atoms with Crippen LogP contribution in [0.15, 0.2) is 164 Å². The first kappa shape index (κ1) is 27.3. The summed E-state index contributed by atoms with van der Waals surface area (Å²) < 4.78 is 6.91. The van der Waals surface area contributed by atoms with Crippen molar-refractivity contribution < 1.29 is 0 Å². The van der Waals surface area contributed by atoms with Gasteiger partial charge in [-0.25, -0.2) is 19.9 Å². The van der Waals surface area contributed by atoms with E-state index in [0.29, 0.717) is 17.5 Å². The van der Waals surface area contributed by atoms with E-state index in [1.165, 1.54) is 0 Å². The molecule has 0 aliphatic heterocycles. The number of rotatable bonds is 5. The average Bonchev–Trinajstić information content (AvgIpc) is 3.82. The van der Waals surface area contributed by atoms with Crippen molar-refractivity contribution in [1.29, 1.82) is 0 Å². The van der Waals surface area contributed by atoms with Crippen LogP contribution in [0.25, 0.3) is 84.4 Å². The van der Waals surface area contributed by atoms with E-state index in [-0.39, 0.29) is 0 Å². The Morgan fingerprint density at radius 3 is 1.49 bits per heavy atom. The third kappa shape index (κ3) is 4.29. The summed E-state index contributed by atoms with van der Waals surface area (Å²) in [5, 5.41) is 1.15. The van der Waals surface area contributed by atoms with Crippen molar-refractivity contribution >= 4 is 38.9 Å². The van der Waals surface area contributed by atoms with Crippen LogP contribution < -0.4 is 0 Å². The number of para-hydroxylation sites is 4. The maximum Gasteiger partial charge on any atom is 0.221 e. The molecule has 0 aliphatic rings. The van der Waals surface area contributed by atoms with Crippen LogP contribution in [-0.2, 0) is 0 Å². The Bertz CT molecular complexity index is 2740. The van der Waals surface area contributed by atoms with Gasteiger partial charge in [0.1, 0.15) is 5.52 Å². The molecule has 0 atom stereocenters. The normalized spacial score (nSPS) is 11.7. The van der Waals surface area contributed by atoms with Crippen LogP contribution in [0.3, 0.4) is 0 Å². The lowest BCUT2D eigenvalue weighted by molar-refractivity contribution is 1.07. The Labute approximate surface area is 281 Å². The second-order valence-corrected chi connectivity index (χ2v) is 12.0. The molecule has 230 valence electrons. The number of aromatic nitrogens is 7. The summed E-state index contributed by atoms with van der Waals surface area (Å²) in [6, 6.07) is 56.0. The number of imidazole rings is 2. The largest absolute Gasteiger partial charge is 0.294 e. The van der Waals surface area contributed by atoms with Gasteiger partial charge >= 0.3 is 0 Å². The Morgan fingerprint density at radius 2 is 0.857 bits per heavy atom. The zero-order chi connectivity index (χ0) is 32.3. The highest BCUT2D eigenvalue weighted by molar-refractivity contribution is 6.10. The van der Waals surface area contributed by atoms with E-state index >= 15 is 0 Å². The van der Waals surface area contributed by atoms with Crippen LogP contribution in [0.2, 0.25) is 0 Å². The molecule has 0 N–H and O–H groups in total. The fraction of sp³-hybridized carbons (Fsp3) is 0. The van der Waals surface area contributed by atoms with Gasteiger partial charge in [0.15, 0.2) is 23.1 Å². The molecular weight excluding hydrogens is 603 g/mol. The number of nitrogens with zero attached hydrogens (tertiary/aromatic N) is 7. The van der Waals surface area contributed by atoms with E-state index in [1.807, 2.05) is 66.7 Å². The maximum absolute atomic E-state index is 5.19. The molecule has 7 nitrogen and oxygen atoms in total. The lowest BCUT2D eigenvalue weighted by atomic mass is 10.1. The van der Waals surface area contributed by atoms with Gasteiger partial charge in [-0.1, -0.05) is 109 Å². The van der Waals surface area contributed by atoms with Crippen molar-refractivity contribution in [2.45, 2.75) is 0 Å². The summed E-state index contributed by atoms with van der Waals surface area (Å²) in [4.78, 5) is 20.0. The molecule has 10 aromatic rings. The van der Waals surface area contributed by atoms with E-state index in [1.54, 1.807) is 0 Å². The van der Waals surface area contributed by atoms with Gasteiger partial charge in [0, 0.05) is 33.5 Å². The lowest BCUT2D eigenvalue weighted by Gasteiger charge is -2.10. The van der Waals surface area contributed by atoms with Gasteiger partial charge in [0.2, 0.25) is 5.78 Å². The van der Waals surface area contributed by atoms with Gasteiger partial charge in [-0.3, -0.25) is 13.5 Å². The van der Waals surface area contributed by atoms with E-state index in [4.69, 9.17) is 19.9 Å². The lowest BCUT2D eigenvalue weighted by Crippen LogP contribution is -2.00. The molecule has 0 radical (unpaired) electrons. The Morgan fingerprint density at radius 1 is 0.367 bits per heavy atom. The summed E-state index contributed by atoms with van der Waals surface area (Å²) in [6.45, 7) is 0. The molecule has 10 rings (SSSR count). The monoisotopic (exact) mass is 629 g/mol. The van der Waals surface area contributed by atoms with Crippen LogP contribution in [0, 0.1) is 0 Å². The average molecular weight is 630 g/mol. The zero-order valence-corrected chi connectivity index (χ0v) is 26.2. The number of hydrogen-bond acceptors (Lipinski definition) is 4. The van der Waals surface area contributed by atoms with Gasteiger partial charge in [-0.05, 0) is 54.6 Å². The van der Waals surface area contributed by atoms with Gasteiger partial charge in [0.25, 0.3) is 0 Å². The van der Waals surface area contributed by atoms with Gasteiger partial charge in [-0.2, -0.15) is 0 Å². The smallest absolute Gasteiger partial charge is 0.221 e. The summed E-state index contributed by atoms with van der Waals surface area (Å²) in [5.74, 6) is 2.75. The molecule has 0 amide bonds. The third-order valence-electron chi connectivity index (χ3n) is 9.10. The molecule has 0 spiro atoms. The summed E-state index contributed by atoms with van der Waals surface area (Å²) in [6.07, 6.45) is 0. The molecule has 7 heteroatoms. The van der Waals surface area contributed by atoms with Crippen molar-refractivity contribution in [3.8, 4) is 45.5 Å². The van der Waals surface area contributed by atoms with Gasteiger partial charge < -0.3 is 0 Å². The molecule has 0 fully saturated rings. The quantitative estimate of drug-likeness (QED) is 0.190. The molecule has 0 unspecified atom stereocenters. The Balaban J connectivity index is 1.21. The molecule has 6 aromatic carbocycles. The number of fused-ring (bicyclic) bond motifs is 7. The second-order valence-electron chi connectivity index (χ2n) is 12.0. The first-order valence-electron chi connectivity index (χ1n) is 16.3. The van der Waals surface area contributed by atoms with Crippen molar-refractivity contribution in [2.24, 2.45) is 0 Å². The molecule has 49 heavy (non-hydrogen) atoms. The topological polar surface area (TPSA) is 65.8 Å². The maximum atomic E-state index is 5.19. The van der Waals surface area contributed by atoms with Crippen molar-refractivity contribution in [3.63, 3.8) is 0 Å². The Kier molecular flexibility index (Phi) is 6.04. The van der Waals surface area contributed by atoms with Crippen LogP contribution in [0.5, 0.6) is 0 Å². The molecule has 4 heterocycles. The third-order valence-corrected chi connectivity index (χ3v) is 9.10. The molecule has 0 aliphatic carbocycles. The van der Waals surface area contributed by atoms with Crippen molar-refractivity contribution in [2.75, 3.05) is 0 Å². The van der Waals surface area contributed by atoms with Crippen molar-refractivity contribution in [1.82, 2.24) is 33.5 Å². The molecule has 0 saturated heterocycles. The SMILES string of the molecule is c1ccc(-c2nc(-c3ccccc3)nc(-c3ccc(-n4c5c6ccccc6n(-c6ccccc6)c5n5c6ccccc6nc45)cc3)n2)cc1. The predicted octanol–water partition coefficient (Wildman–Crippen LogP) is 9.56. The van der Waals surface area contributed by atoms with E-state index in [2.05, 4.69) is 111 Å². The predicted molar refractivity (Wildman–Crippen MR) is 196 cm³/mol. The van der Waals surface area contributed by atoms with Gasteiger partial charge in [0.05, 0.1) is 16.6 Å². The van der Waals surface area contributed by atoms with Crippen LogP contribution in [0.1, 0.15) is 0 Å². The Hall–Kier alpha value is -6.86. The number of benzene rings is 6. The van der Waals surface area contributed by atoms with Crippen LogP contribution in [0.4, 0.5) is 0 Å². The standard InChI is InChI=1S/C42H27N7/c1-4-14-28(15-5-1)38-44-39(29-16-6-2-7-17-29)46-40(45-38)30-24-26-32(27-25-30)48-37-33-20-10-12-22-35(33)47(31-18-8-3-9-19-31)41(37)49-36-23-13-11-21-34(36)43-42(48)49/h1-27H. The summed E-state index contributed by atoms with van der Waals surface area (Å²) in [5.41, 5.74) is 10.2. The highest BCUT2D eigenvalue weighted by atomic mass is 15.3. The van der Waals surface area contributed by atoms with Crippen LogP contribution >= 0.6 is 0 Å². The second kappa shape index (κ2) is 10.9. The molecular formula is C42H27N7. The van der Waals surface area contributed by atoms with E-state index in [9.17, 15) is 0 Å². The fourth-order valence-corrected chi connectivity index (χ4v) is 6.89. The minimum absolute atomic E-state index is 0.620. The molecule has 0 bridgehead atoms. The fourth-order valence-electron chi connectivity index (χ4n) is 6.89. The molecule has 4 aromatic heterocycles. The highest BCUT2D eigenvalue weighted by Crippen LogP contribution is 2.38. The van der Waals surface area contributed by atoms with Crippen molar-refractivity contribution in [3.05, 3.63) is 164 Å². The minimum Gasteiger partial charge on any atom is -0.294 e. The highest BCUT2D eigenvalue weighted by Gasteiger charge is 2.25. The van der Waals surface area contributed by atoms with Crippen LogP contribution in [-0.4, -0.2) is 33.5 Å². The molecule has 0 saturated carbocycles. The first-order valence-corrected chi connectivity index (χ1v) is 16.3. The van der Waals surface area contributed by atoms with Gasteiger partial charge in [-0.15, -0.1) is 0 Å². The first-order chi connectivity index (χ1) is 24.3. The summed E-state index contributed by atoms with van der Waals surface area (Å²) in [7, 11) is 0. The zero-order valence-electron chi connectivity index (χ0n) is 26.2. The van der Waals surface area contributed by atoms with E-state index in [0.717, 1.165) is 66.9 Å².